The van der Waals surface area contributed by atoms with E-state index in [9.17, 15) is 4.57 Å². The maximum absolute atomic E-state index is 11.7. The molecule has 0 N–H and O–H groups in total. The second kappa shape index (κ2) is 27.2. The first kappa shape index (κ1) is 30.1. The van der Waals surface area contributed by atoms with Crippen molar-refractivity contribution in [3.8, 4) is 0 Å². The summed E-state index contributed by atoms with van der Waals surface area (Å²) in [5, 5.41) is 0. The van der Waals surface area contributed by atoms with Crippen molar-refractivity contribution in [2.45, 2.75) is 155 Å². The third kappa shape index (κ3) is 26.2. The zero-order chi connectivity index (χ0) is 22.0. The van der Waals surface area contributed by atoms with Crippen LogP contribution in [0.5, 0.6) is 0 Å². The predicted molar refractivity (Wildman–Crippen MR) is 134 cm³/mol. The highest BCUT2D eigenvalue weighted by molar-refractivity contribution is 7.33. The van der Waals surface area contributed by atoms with Gasteiger partial charge in [0.2, 0.25) is 0 Å². The van der Waals surface area contributed by atoms with Crippen LogP contribution in [0.1, 0.15) is 155 Å². The Morgan fingerprint density at radius 3 is 0.900 bits per heavy atom. The van der Waals surface area contributed by atoms with E-state index in [2.05, 4.69) is 13.8 Å². The molecule has 3 nitrogen and oxygen atoms in total. The molecule has 0 rings (SSSR count). The maximum atomic E-state index is 11.7. The van der Waals surface area contributed by atoms with Gasteiger partial charge in [-0.15, -0.1) is 0 Å². The fourth-order valence-electron chi connectivity index (χ4n) is 3.89. The second-order valence-electron chi connectivity index (χ2n) is 9.02. The highest BCUT2D eigenvalue weighted by Gasteiger charge is 2.00. The molecule has 0 aliphatic carbocycles. The van der Waals surface area contributed by atoms with Crippen molar-refractivity contribution in [3.63, 3.8) is 0 Å². The summed E-state index contributed by atoms with van der Waals surface area (Å²) >= 11 is 0. The molecule has 0 atom stereocenters. The van der Waals surface area contributed by atoms with Crippen molar-refractivity contribution < 1.29 is 13.6 Å². The van der Waals surface area contributed by atoms with Crippen LogP contribution in [0.3, 0.4) is 0 Å². The SMILES string of the molecule is CCCCCCCCCCCCCO[PH](=O)OCCCCCCCCCCCCC. The highest BCUT2D eigenvalue weighted by Crippen LogP contribution is 2.25. The lowest BCUT2D eigenvalue weighted by molar-refractivity contribution is 0.218. The molecular formula is C26H55O3P. The Balaban J connectivity index is 3.14. The Labute approximate surface area is 190 Å². The third-order valence-corrected chi connectivity index (χ3v) is 6.82. The summed E-state index contributed by atoms with van der Waals surface area (Å²) < 4.78 is 22.4. The molecule has 0 fully saturated rings. The van der Waals surface area contributed by atoms with Crippen LogP contribution in [0.15, 0.2) is 0 Å². The van der Waals surface area contributed by atoms with Crippen LogP contribution in [0.4, 0.5) is 0 Å². The number of hydrogen-bond donors (Lipinski definition) is 0. The van der Waals surface area contributed by atoms with Crippen molar-refractivity contribution in [1.82, 2.24) is 0 Å². The molecule has 30 heavy (non-hydrogen) atoms. The quantitative estimate of drug-likeness (QED) is 0.0979. The average molecular weight is 447 g/mol. The fourth-order valence-corrected chi connectivity index (χ4v) is 4.59. The standard InChI is InChI=1S/C26H55O3P/c1-3-5-7-9-11-13-15-17-19-21-23-25-28-30(27)29-26-24-22-20-18-16-14-12-10-8-6-4-2/h30H,3-26H2,1-2H3. The van der Waals surface area contributed by atoms with Gasteiger partial charge in [0.1, 0.15) is 0 Å². The first-order valence-electron chi connectivity index (χ1n) is 13.6. The summed E-state index contributed by atoms with van der Waals surface area (Å²) in [5.41, 5.74) is 0. The van der Waals surface area contributed by atoms with Crippen LogP contribution in [-0.4, -0.2) is 13.2 Å². The molecular weight excluding hydrogens is 391 g/mol. The van der Waals surface area contributed by atoms with Gasteiger partial charge in [0.05, 0.1) is 13.2 Å². The van der Waals surface area contributed by atoms with Crippen LogP contribution >= 0.6 is 8.25 Å². The molecule has 0 aromatic rings. The molecule has 0 saturated carbocycles. The molecule has 0 aliphatic heterocycles. The van der Waals surface area contributed by atoms with Gasteiger partial charge in [-0.3, -0.25) is 4.57 Å². The minimum atomic E-state index is -2.26. The Hall–Kier alpha value is 0.150. The van der Waals surface area contributed by atoms with Crippen LogP contribution < -0.4 is 0 Å². The van der Waals surface area contributed by atoms with E-state index in [-0.39, 0.29) is 0 Å². The topological polar surface area (TPSA) is 35.5 Å². The summed E-state index contributed by atoms with van der Waals surface area (Å²) in [7, 11) is -2.26. The summed E-state index contributed by atoms with van der Waals surface area (Å²) in [6.07, 6.45) is 29.0. The number of rotatable bonds is 26. The van der Waals surface area contributed by atoms with E-state index < -0.39 is 8.25 Å². The van der Waals surface area contributed by atoms with Gasteiger partial charge in [-0.2, -0.15) is 0 Å². The first-order chi connectivity index (χ1) is 14.8. The molecule has 4 heteroatoms. The van der Waals surface area contributed by atoms with Crippen molar-refractivity contribution >= 4 is 8.25 Å². The molecule has 0 spiro atoms. The van der Waals surface area contributed by atoms with Gasteiger partial charge >= 0.3 is 8.25 Å². The van der Waals surface area contributed by atoms with Crippen molar-refractivity contribution in [3.05, 3.63) is 0 Å². The van der Waals surface area contributed by atoms with E-state index in [4.69, 9.17) is 9.05 Å². The monoisotopic (exact) mass is 446 g/mol. The summed E-state index contributed by atoms with van der Waals surface area (Å²) in [6.45, 7) is 5.72. The predicted octanol–water partition coefficient (Wildman–Crippen LogP) is 10.0. The van der Waals surface area contributed by atoms with Gasteiger partial charge in [0.15, 0.2) is 0 Å². The lowest BCUT2D eigenvalue weighted by Crippen LogP contribution is -1.92. The van der Waals surface area contributed by atoms with Crippen molar-refractivity contribution in [1.29, 1.82) is 0 Å². The van der Waals surface area contributed by atoms with Crippen molar-refractivity contribution in [2.24, 2.45) is 0 Å². The van der Waals surface area contributed by atoms with Gasteiger partial charge in [0, 0.05) is 0 Å². The number of unbranched alkanes of at least 4 members (excludes halogenated alkanes) is 20. The van der Waals surface area contributed by atoms with Gasteiger partial charge in [-0.25, -0.2) is 0 Å². The van der Waals surface area contributed by atoms with Gasteiger partial charge in [-0.05, 0) is 12.8 Å². The molecule has 0 bridgehead atoms. The fraction of sp³-hybridized carbons (Fsp3) is 1.00. The molecule has 182 valence electrons. The Kier molecular flexibility index (Phi) is 27.3. The lowest BCUT2D eigenvalue weighted by Gasteiger charge is -2.06. The average Bonchev–Trinajstić information content (AvgIpc) is 2.75. The van der Waals surface area contributed by atoms with E-state index in [0.29, 0.717) is 13.2 Å². The Morgan fingerprint density at radius 1 is 0.400 bits per heavy atom. The molecule has 0 heterocycles. The molecule has 0 unspecified atom stereocenters. The maximum Gasteiger partial charge on any atom is 0.319 e. The van der Waals surface area contributed by atoms with Crippen LogP contribution in [0, 0.1) is 0 Å². The van der Waals surface area contributed by atoms with E-state index in [1.165, 1.54) is 128 Å². The lowest BCUT2D eigenvalue weighted by atomic mass is 10.1. The van der Waals surface area contributed by atoms with Crippen LogP contribution in [0.25, 0.3) is 0 Å². The molecule has 0 aromatic carbocycles. The van der Waals surface area contributed by atoms with E-state index in [1.54, 1.807) is 0 Å². The van der Waals surface area contributed by atoms with E-state index >= 15 is 0 Å². The molecule has 0 radical (unpaired) electrons. The van der Waals surface area contributed by atoms with Crippen LogP contribution in [-0.2, 0) is 13.6 Å². The number of hydrogen-bond acceptors (Lipinski definition) is 3. The van der Waals surface area contributed by atoms with Crippen molar-refractivity contribution in [2.75, 3.05) is 13.2 Å². The normalized spacial score (nSPS) is 11.6. The van der Waals surface area contributed by atoms with Gasteiger partial charge < -0.3 is 9.05 Å². The van der Waals surface area contributed by atoms with E-state index in [1.807, 2.05) is 0 Å². The summed E-state index contributed by atoms with van der Waals surface area (Å²) in [6, 6.07) is 0. The Morgan fingerprint density at radius 2 is 0.633 bits per heavy atom. The smallest absolute Gasteiger partial charge is 0.311 e. The highest BCUT2D eigenvalue weighted by atomic mass is 31.1. The van der Waals surface area contributed by atoms with Gasteiger partial charge in [0.25, 0.3) is 0 Å². The minimum Gasteiger partial charge on any atom is -0.311 e. The Bertz CT molecular complexity index is 306. The molecule has 0 saturated heterocycles. The first-order valence-corrected chi connectivity index (χ1v) is 14.8. The summed E-state index contributed by atoms with van der Waals surface area (Å²) in [4.78, 5) is 0. The minimum absolute atomic E-state index is 0.590. The zero-order valence-corrected chi connectivity index (χ0v) is 21.7. The van der Waals surface area contributed by atoms with Gasteiger partial charge in [-0.1, -0.05) is 142 Å². The van der Waals surface area contributed by atoms with E-state index in [0.717, 1.165) is 12.8 Å². The summed E-state index contributed by atoms with van der Waals surface area (Å²) in [5.74, 6) is 0. The van der Waals surface area contributed by atoms with Crippen LogP contribution in [0.2, 0.25) is 0 Å². The largest absolute Gasteiger partial charge is 0.319 e. The zero-order valence-electron chi connectivity index (χ0n) is 20.7. The molecule has 0 aliphatic rings. The molecule has 0 aromatic heterocycles. The second-order valence-corrected chi connectivity index (χ2v) is 10.1. The molecule has 0 amide bonds. The third-order valence-electron chi connectivity index (χ3n) is 5.94.